The molecular formula is C8H8F3NO. The van der Waals surface area contributed by atoms with E-state index in [-0.39, 0.29) is 18.0 Å². The molecule has 0 aromatic carbocycles. The van der Waals surface area contributed by atoms with Crippen LogP contribution in [0.5, 0.6) is 0 Å². The van der Waals surface area contributed by atoms with Crippen LogP contribution < -0.4 is 0 Å². The number of hydrogen-bond donors (Lipinski definition) is 0. The standard InChI is InChI=1S/C8H8F3NO/c1-5-3-12-7(8(9,10)11)2-6(5)4-13/h2,4-5H,3H2,1H3. The van der Waals surface area contributed by atoms with E-state index in [2.05, 4.69) is 4.99 Å². The number of rotatable bonds is 1. The Morgan fingerprint density at radius 3 is 2.69 bits per heavy atom. The van der Waals surface area contributed by atoms with Crippen molar-refractivity contribution >= 4 is 12.0 Å². The molecule has 13 heavy (non-hydrogen) atoms. The molecule has 0 saturated carbocycles. The number of hydrogen-bond acceptors (Lipinski definition) is 2. The van der Waals surface area contributed by atoms with E-state index in [1.165, 1.54) is 0 Å². The SMILES string of the molecule is CC1CN=C(C(F)(F)F)C=C1C=O. The Morgan fingerprint density at radius 1 is 1.62 bits per heavy atom. The van der Waals surface area contributed by atoms with E-state index in [4.69, 9.17) is 0 Å². The molecule has 1 unspecified atom stereocenters. The molecule has 0 radical (unpaired) electrons. The van der Waals surface area contributed by atoms with Gasteiger partial charge in [-0.25, -0.2) is 0 Å². The van der Waals surface area contributed by atoms with Gasteiger partial charge in [-0.3, -0.25) is 9.79 Å². The minimum absolute atomic E-state index is 0.0272. The topological polar surface area (TPSA) is 29.4 Å². The van der Waals surface area contributed by atoms with Gasteiger partial charge in [0.05, 0.1) is 0 Å². The summed E-state index contributed by atoms with van der Waals surface area (Å²) >= 11 is 0. The highest BCUT2D eigenvalue weighted by Gasteiger charge is 2.36. The minimum atomic E-state index is -4.45. The van der Waals surface area contributed by atoms with E-state index >= 15 is 0 Å². The fourth-order valence-electron chi connectivity index (χ4n) is 1.01. The van der Waals surface area contributed by atoms with E-state index in [9.17, 15) is 18.0 Å². The molecule has 0 spiro atoms. The van der Waals surface area contributed by atoms with Crippen LogP contribution in [0.25, 0.3) is 0 Å². The largest absolute Gasteiger partial charge is 0.432 e. The van der Waals surface area contributed by atoms with E-state index in [0.29, 0.717) is 6.29 Å². The van der Waals surface area contributed by atoms with Crippen molar-refractivity contribution in [1.29, 1.82) is 0 Å². The van der Waals surface area contributed by atoms with Gasteiger partial charge in [-0.2, -0.15) is 13.2 Å². The number of nitrogens with zero attached hydrogens (tertiary/aromatic N) is 1. The summed E-state index contributed by atoms with van der Waals surface area (Å²) in [5.41, 5.74) is -0.810. The Labute approximate surface area is 73.2 Å². The molecule has 5 heteroatoms. The Morgan fingerprint density at radius 2 is 2.23 bits per heavy atom. The van der Waals surface area contributed by atoms with Crippen molar-refractivity contribution in [1.82, 2.24) is 0 Å². The van der Waals surface area contributed by atoms with Gasteiger partial charge in [0.2, 0.25) is 0 Å². The van der Waals surface area contributed by atoms with Crippen molar-refractivity contribution in [3.05, 3.63) is 11.6 Å². The maximum Gasteiger partial charge on any atom is 0.432 e. The van der Waals surface area contributed by atoms with Gasteiger partial charge in [-0.1, -0.05) is 6.92 Å². The lowest BCUT2D eigenvalue weighted by atomic mass is 9.98. The minimum Gasteiger partial charge on any atom is -0.298 e. The lowest BCUT2D eigenvalue weighted by Gasteiger charge is -2.16. The first-order valence-corrected chi connectivity index (χ1v) is 3.73. The van der Waals surface area contributed by atoms with E-state index in [0.717, 1.165) is 6.08 Å². The summed E-state index contributed by atoms with van der Waals surface area (Å²) in [5.74, 6) is -0.219. The van der Waals surface area contributed by atoms with Crippen molar-refractivity contribution in [2.75, 3.05) is 6.54 Å². The number of alkyl halides is 3. The van der Waals surface area contributed by atoms with E-state index in [1.807, 2.05) is 0 Å². The molecule has 0 amide bonds. The van der Waals surface area contributed by atoms with Crippen LogP contribution in [0.2, 0.25) is 0 Å². The lowest BCUT2D eigenvalue weighted by molar-refractivity contribution is -0.105. The summed E-state index contributed by atoms with van der Waals surface area (Å²) < 4.78 is 36.3. The predicted molar refractivity (Wildman–Crippen MR) is 41.7 cm³/mol. The zero-order valence-corrected chi connectivity index (χ0v) is 6.93. The summed E-state index contributed by atoms with van der Waals surface area (Å²) in [5, 5.41) is 0. The number of carbonyl (C=O) groups excluding carboxylic acids is 1. The average molecular weight is 191 g/mol. The van der Waals surface area contributed by atoms with Gasteiger partial charge in [-0.15, -0.1) is 0 Å². The lowest BCUT2D eigenvalue weighted by Crippen LogP contribution is -2.26. The summed E-state index contributed by atoms with van der Waals surface area (Å²) in [7, 11) is 0. The number of carbonyl (C=O) groups is 1. The Kier molecular flexibility index (Phi) is 2.54. The highest BCUT2D eigenvalue weighted by molar-refractivity contribution is 6.03. The molecule has 1 heterocycles. The Hall–Kier alpha value is -1.13. The second-order valence-electron chi connectivity index (χ2n) is 2.89. The monoisotopic (exact) mass is 191 g/mol. The molecule has 0 aromatic rings. The quantitative estimate of drug-likeness (QED) is 0.581. The first kappa shape index (κ1) is 9.95. The molecule has 0 N–H and O–H groups in total. The van der Waals surface area contributed by atoms with Gasteiger partial charge in [0.25, 0.3) is 0 Å². The number of aliphatic imine (C=N–C) groups is 1. The van der Waals surface area contributed by atoms with Crippen molar-refractivity contribution in [3.63, 3.8) is 0 Å². The third kappa shape index (κ3) is 2.17. The van der Waals surface area contributed by atoms with E-state index in [1.54, 1.807) is 6.92 Å². The zero-order chi connectivity index (χ0) is 10.1. The Balaban J connectivity index is 2.94. The van der Waals surface area contributed by atoms with Crippen LogP contribution >= 0.6 is 0 Å². The fraction of sp³-hybridized carbons (Fsp3) is 0.500. The number of dihydropyridines is 1. The summed E-state index contributed by atoms with van der Waals surface area (Å²) in [6, 6.07) is 0. The third-order valence-electron chi connectivity index (χ3n) is 1.83. The van der Waals surface area contributed by atoms with Crippen LogP contribution in [0.4, 0.5) is 13.2 Å². The summed E-state index contributed by atoms with van der Waals surface area (Å²) in [6.45, 7) is 1.69. The molecule has 1 rings (SSSR count). The van der Waals surface area contributed by atoms with Gasteiger partial charge >= 0.3 is 6.18 Å². The molecule has 0 bridgehead atoms. The normalized spacial score (nSPS) is 23.5. The smallest absolute Gasteiger partial charge is 0.298 e. The van der Waals surface area contributed by atoms with Crippen LogP contribution in [-0.4, -0.2) is 24.7 Å². The molecule has 1 aliphatic heterocycles. The maximum atomic E-state index is 12.1. The zero-order valence-electron chi connectivity index (χ0n) is 6.93. The first-order valence-electron chi connectivity index (χ1n) is 3.73. The molecule has 0 aromatic heterocycles. The molecule has 0 aliphatic carbocycles. The summed E-state index contributed by atoms with van der Waals surface area (Å²) in [4.78, 5) is 13.7. The number of halogens is 3. The summed E-state index contributed by atoms with van der Waals surface area (Å²) in [6.07, 6.45) is -3.19. The third-order valence-corrected chi connectivity index (χ3v) is 1.83. The van der Waals surface area contributed by atoms with Crippen LogP contribution in [0.3, 0.4) is 0 Å². The first-order chi connectivity index (χ1) is 5.95. The van der Waals surface area contributed by atoms with Gasteiger partial charge < -0.3 is 0 Å². The van der Waals surface area contributed by atoms with Crippen LogP contribution in [0.1, 0.15) is 6.92 Å². The van der Waals surface area contributed by atoms with Crippen molar-refractivity contribution in [2.24, 2.45) is 10.9 Å². The Bertz CT molecular complexity index is 278. The van der Waals surface area contributed by atoms with Crippen LogP contribution in [0, 0.1) is 5.92 Å². The molecule has 2 nitrogen and oxygen atoms in total. The second kappa shape index (κ2) is 3.32. The predicted octanol–water partition coefficient (Wildman–Crippen LogP) is 1.76. The van der Waals surface area contributed by atoms with Crippen molar-refractivity contribution < 1.29 is 18.0 Å². The molecular weight excluding hydrogens is 183 g/mol. The molecule has 0 fully saturated rings. The second-order valence-corrected chi connectivity index (χ2v) is 2.89. The molecule has 0 saturated heterocycles. The van der Waals surface area contributed by atoms with Crippen LogP contribution in [0.15, 0.2) is 16.6 Å². The van der Waals surface area contributed by atoms with Crippen molar-refractivity contribution in [2.45, 2.75) is 13.1 Å². The maximum absolute atomic E-state index is 12.1. The molecule has 1 atom stereocenters. The molecule has 72 valence electrons. The van der Waals surface area contributed by atoms with Crippen molar-refractivity contribution in [3.8, 4) is 0 Å². The van der Waals surface area contributed by atoms with Gasteiger partial charge in [0.1, 0.15) is 12.0 Å². The highest BCUT2D eigenvalue weighted by atomic mass is 19.4. The number of aldehydes is 1. The highest BCUT2D eigenvalue weighted by Crippen LogP contribution is 2.24. The molecule has 1 aliphatic rings. The van der Waals surface area contributed by atoms with Crippen LogP contribution in [-0.2, 0) is 4.79 Å². The van der Waals surface area contributed by atoms with E-state index < -0.39 is 11.9 Å². The fourth-order valence-corrected chi connectivity index (χ4v) is 1.01. The average Bonchev–Trinajstić information content (AvgIpc) is 2.03. The number of allylic oxidation sites excluding steroid dienone is 1. The van der Waals surface area contributed by atoms with Gasteiger partial charge in [0, 0.05) is 12.5 Å². The van der Waals surface area contributed by atoms with Gasteiger partial charge in [-0.05, 0) is 11.6 Å². The van der Waals surface area contributed by atoms with Gasteiger partial charge in [0.15, 0.2) is 0 Å².